The van der Waals surface area contributed by atoms with E-state index in [1.807, 2.05) is 13.8 Å². The smallest absolute Gasteiger partial charge is 0.276 e. The molecule has 0 fully saturated rings. The monoisotopic (exact) mass is 150 g/mol. The molecular formula is C5H10O3S. The van der Waals surface area contributed by atoms with E-state index in [9.17, 15) is 8.42 Å². The first-order valence-corrected chi connectivity index (χ1v) is 4.06. The molecule has 0 aliphatic rings. The first-order valence-electron chi connectivity index (χ1n) is 2.45. The van der Waals surface area contributed by atoms with Gasteiger partial charge in [0, 0.05) is 0 Å². The lowest BCUT2D eigenvalue weighted by molar-refractivity contribution is 0.487. The summed E-state index contributed by atoms with van der Waals surface area (Å²) in [6.45, 7) is 4.00. The summed E-state index contributed by atoms with van der Waals surface area (Å²) in [4.78, 5) is 0. The highest BCUT2D eigenvalue weighted by atomic mass is 32.2. The molecule has 0 aromatic carbocycles. The van der Waals surface area contributed by atoms with E-state index < -0.39 is 15.9 Å². The second-order valence-corrected chi connectivity index (χ2v) is 2.38. The number of terminal acetylenes is 1. The highest BCUT2D eigenvalue weighted by Crippen LogP contribution is 1.74. The summed E-state index contributed by atoms with van der Waals surface area (Å²) in [6, 6.07) is 0. The van der Waals surface area contributed by atoms with E-state index in [-0.39, 0.29) is 0 Å². The molecule has 0 atom stereocenters. The van der Waals surface area contributed by atoms with Crippen LogP contribution < -0.4 is 0 Å². The molecule has 0 saturated heterocycles. The van der Waals surface area contributed by atoms with Gasteiger partial charge in [-0.25, -0.2) is 0 Å². The Hall–Kier alpha value is -0.530. The van der Waals surface area contributed by atoms with Crippen LogP contribution in [0.4, 0.5) is 0 Å². The van der Waals surface area contributed by atoms with E-state index in [1.54, 1.807) is 5.92 Å². The molecule has 54 valence electrons. The van der Waals surface area contributed by atoms with Gasteiger partial charge in [0.1, 0.15) is 5.75 Å². The van der Waals surface area contributed by atoms with Crippen LogP contribution in [0, 0.1) is 12.3 Å². The summed E-state index contributed by atoms with van der Waals surface area (Å²) in [5.74, 6) is 1.17. The van der Waals surface area contributed by atoms with Crippen LogP contribution in [0.2, 0.25) is 0 Å². The molecule has 0 radical (unpaired) electrons. The fourth-order valence-electron chi connectivity index (χ4n) is 0.105. The van der Waals surface area contributed by atoms with Crippen LogP contribution in [0.5, 0.6) is 0 Å². The summed E-state index contributed by atoms with van der Waals surface area (Å²) in [7, 11) is -3.91. The Morgan fingerprint density at radius 1 is 1.56 bits per heavy atom. The summed E-state index contributed by atoms with van der Waals surface area (Å²) in [6.07, 6.45) is 4.53. The third kappa shape index (κ3) is 18.6. The molecule has 0 unspecified atom stereocenters. The molecule has 0 aliphatic carbocycles. The van der Waals surface area contributed by atoms with Gasteiger partial charge in [0.25, 0.3) is 10.1 Å². The average Bonchev–Trinajstić information content (AvgIpc) is 1.69. The molecular weight excluding hydrogens is 140 g/mol. The Labute approximate surface area is 55.8 Å². The molecule has 0 heterocycles. The van der Waals surface area contributed by atoms with Crippen LogP contribution in [-0.4, -0.2) is 18.7 Å². The average molecular weight is 150 g/mol. The molecule has 0 aromatic heterocycles. The Bertz CT molecular complexity index is 173. The summed E-state index contributed by atoms with van der Waals surface area (Å²) >= 11 is 0. The predicted molar refractivity (Wildman–Crippen MR) is 36.6 cm³/mol. The second-order valence-electron chi connectivity index (χ2n) is 0.930. The van der Waals surface area contributed by atoms with Crippen LogP contribution in [0.25, 0.3) is 0 Å². The van der Waals surface area contributed by atoms with Crippen molar-refractivity contribution in [3.05, 3.63) is 0 Å². The topological polar surface area (TPSA) is 54.4 Å². The lowest BCUT2D eigenvalue weighted by atomic mass is 10.8. The van der Waals surface area contributed by atoms with Crippen LogP contribution in [0.3, 0.4) is 0 Å². The van der Waals surface area contributed by atoms with Crippen LogP contribution in [0.15, 0.2) is 0 Å². The van der Waals surface area contributed by atoms with E-state index >= 15 is 0 Å². The molecule has 4 heteroatoms. The van der Waals surface area contributed by atoms with E-state index in [0.29, 0.717) is 0 Å². The van der Waals surface area contributed by atoms with Crippen molar-refractivity contribution in [3.8, 4) is 12.3 Å². The molecule has 0 amide bonds. The predicted octanol–water partition coefficient (Wildman–Crippen LogP) is 0.534. The zero-order valence-electron chi connectivity index (χ0n) is 5.46. The largest absolute Gasteiger partial charge is 0.285 e. The summed E-state index contributed by atoms with van der Waals surface area (Å²) in [5, 5.41) is 0. The molecule has 0 rings (SSSR count). The SMILES string of the molecule is C#CCS(=O)(=O)O.CC. The Balaban J connectivity index is 0. The molecule has 0 spiro atoms. The highest BCUT2D eigenvalue weighted by molar-refractivity contribution is 7.86. The van der Waals surface area contributed by atoms with Gasteiger partial charge in [0.2, 0.25) is 0 Å². The minimum Gasteiger partial charge on any atom is -0.285 e. The van der Waals surface area contributed by atoms with Crippen molar-refractivity contribution in [2.75, 3.05) is 5.75 Å². The summed E-state index contributed by atoms with van der Waals surface area (Å²) in [5.41, 5.74) is 0. The van der Waals surface area contributed by atoms with Crippen molar-refractivity contribution in [2.45, 2.75) is 13.8 Å². The number of hydrogen-bond acceptors (Lipinski definition) is 2. The van der Waals surface area contributed by atoms with E-state index in [2.05, 4.69) is 6.42 Å². The van der Waals surface area contributed by atoms with Gasteiger partial charge in [-0.05, 0) is 0 Å². The molecule has 0 aromatic rings. The fraction of sp³-hybridized carbons (Fsp3) is 0.600. The van der Waals surface area contributed by atoms with Crippen LogP contribution in [0.1, 0.15) is 13.8 Å². The maximum absolute atomic E-state index is 9.64. The third-order valence-corrected chi connectivity index (χ3v) is 0.797. The van der Waals surface area contributed by atoms with Gasteiger partial charge < -0.3 is 0 Å². The van der Waals surface area contributed by atoms with E-state index in [4.69, 9.17) is 4.55 Å². The van der Waals surface area contributed by atoms with Crippen molar-refractivity contribution < 1.29 is 13.0 Å². The van der Waals surface area contributed by atoms with Gasteiger partial charge in [-0.15, -0.1) is 6.42 Å². The standard InChI is InChI=1S/C3H4O3S.C2H6/c1-2-3-7(4,5)6;1-2/h1H,3H2,(H,4,5,6);1-2H3. The van der Waals surface area contributed by atoms with Gasteiger partial charge in [0.15, 0.2) is 0 Å². The minimum absolute atomic E-state index is 0.604. The fourth-order valence-corrected chi connectivity index (χ4v) is 0.316. The molecule has 9 heavy (non-hydrogen) atoms. The Morgan fingerprint density at radius 2 is 1.89 bits per heavy atom. The molecule has 0 bridgehead atoms. The van der Waals surface area contributed by atoms with Crippen molar-refractivity contribution in [1.29, 1.82) is 0 Å². The number of hydrogen-bond donors (Lipinski definition) is 1. The van der Waals surface area contributed by atoms with Crippen molar-refractivity contribution >= 4 is 10.1 Å². The Kier molecular flexibility index (Phi) is 7.03. The molecule has 0 aliphatic heterocycles. The minimum atomic E-state index is -3.91. The quantitative estimate of drug-likeness (QED) is 0.438. The second kappa shape index (κ2) is 5.60. The van der Waals surface area contributed by atoms with E-state index in [0.717, 1.165) is 0 Å². The third-order valence-electron chi connectivity index (χ3n) is 0.266. The van der Waals surface area contributed by atoms with Gasteiger partial charge in [-0.1, -0.05) is 19.8 Å². The zero-order valence-corrected chi connectivity index (χ0v) is 6.27. The lowest BCUT2D eigenvalue weighted by Gasteiger charge is -1.80. The van der Waals surface area contributed by atoms with Gasteiger partial charge in [-0.2, -0.15) is 8.42 Å². The van der Waals surface area contributed by atoms with Gasteiger partial charge in [0.05, 0.1) is 0 Å². The summed E-state index contributed by atoms with van der Waals surface area (Å²) < 4.78 is 27.1. The molecule has 3 nitrogen and oxygen atoms in total. The lowest BCUT2D eigenvalue weighted by Crippen LogP contribution is -1.99. The maximum atomic E-state index is 9.64. The van der Waals surface area contributed by atoms with Gasteiger partial charge in [-0.3, -0.25) is 4.55 Å². The molecule has 1 N–H and O–H groups in total. The van der Waals surface area contributed by atoms with Crippen molar-refractivity contribution in [3.63, 3.8) is 0 Å². The molecule has 0 saturated carbocycles. The van der Waals surface area contributed by atoms with Gasteiger partial charge >= 0.3 is 0 Å². The first-order chi connectivity index (χ1) is 4.06. The highest BCUT2D eigenvalue weighted by Gasteiger charge is 1.96. The first kappa shape index (κ1) is 11.3. The number of rotatable bonds is 1. The normalized spacial score (nSPS) is 8.67. The van der Waals surface area contributed by atoms with Crippen LogP contribution in [-0.2, 0) is 10.1 Å². The zero-order chi connectivity index (χ0) is 7.91. The van der Waals surface area contributed by atoms with Crippen LogP contribution >= 0.6 is 0 Å². The Morgan fingerprint density at radius 3 is 1.89 bits per heavy atom. The van der Waals surface area contributed by atoms with E-state index in [1.165, 1.54) is 0 Å². The van der Waals surface area contributed by atoms with Crippen molar-refractivity contribution in [2.24, 2.45) is 0 Å². The maximum Gasteiger partial charge on any atom is 0.276 e. The van der Waals surface area contributed by atoms with Crippen molar-refractivity contribution in [1.82, 2.24) is 0 Å².